The summed E-state index contributed by atoms with van der Waals surface area (Å²) in [4.78, 5) is 29.5. The Bertz CT molecular complexity index is 595. The van der Waals surface area contributed by atoms with E-state index in [9.17, 15) is 14.7 Å². The summed E-state index contributed by atoms with van der Waals surface area (Å²) in [6, 6.07) is 2.75. The van der Waals surface area contributed by atoms with Crippen LogP contribution >= 0.6 is 0 Å². The van der Waals surface area contributed by atoms with Gasteiger partial charge in [-0.1, -0.05) is 6.07 Å². The van der Waals surface area contributed by atoms with Gasteiger partial charge in [0, 0.05) is 26.6 Å². The molecule has 0 unspecified atom stereocenters. The number of pyridine rings is 1. The number of amides is 1. The number of nitrogens with zero attached hydrogens (tertiary/aromatic N) is 2. The minimum atomic E-state index is -0.702. The number of Topliss-reactive ketones (excluding diaryl/α,β-unsaturated/α-hetero) is 1. The standard InChI is InChI=1S/C15H18N2O5/c1-9(18)12-13(10-5-4-6-16-7-10)17(15(20)14(12)19)8-11(21-2)22-3/h4-7,11,13,19H,8H2,1-3H3/t13-/m1/s1. The highest BCUT2D eigenvalue weighted by Crippen LogP contribution is 2.37. The average molecular weight is 306 g/mol. The third-order valence-corrected chi connectivity index (χ3v) is 3.55. The van der Waals surface area contributed by atoms with Crippen LogP contribution in [0.15, 0.2) is 35.9 Å². The first-order chi connectivity index (χ1) is 10.5. The second-order valence-corrected chi connectivity index (χ2v) is 4.87. The summed E-state index contributed by atoms with van der Waals surface area (Å²) in [6.07, 6.45) is 2.48. The van der Waals surface area contributed by atoms with Crippen molar-refractivity contribution >= 4 is 11.7 Å². The van der Waals surface area contributed by atoms with Crippen molar-refractivity contribution in [1.82, 2.24) is 9.88 Å². The molecular weight excluding hydrogens is 288 g/mol. The Morgan fingerprint density at radius 1 is 1.45 bits per heavy atom. The largest absolute Gasteiger partial charge is 0.503 e. The van der Waals surface area contributed by atoms with Crippen molar-refractivity contribution in [3.05, 3.63) is 41.4 Å². The molecule has 0 spiro atoms. The monoisotopic (exact) mass is 306 g/mol. The third kappa shape index (κ3) is 2.86. The Labute approximate surface area is 128 Å². The molecule has 7 nitrogen and oxygen atoms in total. The number of methoxy groups -OCH3 is 2. The summed E-state index contributed by atoms with van der Waals surface area (Å²) in [6.45, 7) is 1.39. The van der Waals surface area contributed by atoms with Crippen molar-refractivity contribution in [2.24, 2.45) is 0 Å². The molecule has 0 saturated heterocycles. The molecule has 1 aromatic heterocycles. The molecule has 0 bridgehead atoms. The van der Waals surface area contributed by atoms with Gasteiger partial charge < -0.3 is 19.5 Å². The minimum Gasteiger partial charge on any atom is -0.503 e. The molecule has 2 rings (SSSR count). The van der Waals surface area contributed by atoms with Gasteiger partial charge in [0.05, 0.1) is 18.2 Å². The van der Waals surface area contributed by atoms with Gasteiger partial charge in [-0.3, -0.25) is 14.6 Å². The molecule has 22 heavy (non-hydrogen) atoms. The van der Waals surface area contributed by atoms with Crippen LogP contribution in [0.25, 0.3) is 0 Å². The normalized spacial score (nSPS) is 18.5. The number of aliphatic hydroxyl groups is 1. The molecule has 0 radical (unpaired) electrons. The van der Waals surface area contributed by atoms with Gasteiger partial charge >= 0.3 is 0 Å². The van der Waals surface area contributed by atoms with Crippen molar-refractivity contribution in [2.45, 2.75) is 19.3 Å². The lowest BCUT2D eigenvalue weighted by atomic mass is 9.98. The van der Waals surface area contributed by atoms with Crippen LogP contribution in [0.3, 0.4) is 0 Å². The van der Waals surface area contributed by atoms with Gasteiger partial charge in [0.15, 0.2) is 17.8 Å². The molecule has 1 aromatic rings. The van der Waals surface area contributed by atoms with E-state index in [0.29, 0.717) is 5.56 Å². The lowest BCUT2D eigenvalue weighted by molar-refractivity contribution is -0.144. The van der Waals surface area contributed by atoms with Crippen molar-refractivity contribution in [3.63, 3.8) is 0 Å². The van der Waals surface area contributed by atoms with Gasteiger partial charge in [-0.15, -0.1) is 0 Å². The van der Waals surface area contributed by atoms with E-state index in [1.54, 1.807) is 24.5 Å². The number of hydrogen-bond donors (Lipinski definition) is 1. The van der Waals surface area contributed by atoms with E-state index in [-0.39, 0.29) is 17.9 Å². The van der Waals surface area contributed by atoms with E-state index in [1.807, 2.05) is 0 Å². The van der Waals surface area contributed by atoms with Crippen molar-refractivity contribution in [3.8, 4) is 0 Å². The van der Waals surface area contributed by atoms with E-state index < -0.39 is 24.0 Å². The predicted molar refractivity (Wildman–Crippen MR) is 76.8 cm³/mol. The number of carbonyl (C=O) groups excluding carboxylic acids is 2. The molecule has 2 heterocycles. The van der Waals surface area contributed by atoms with E-state index in [2.05, 4.69) is 4.98 Å². The van der Waals surface area contributed by atoms with Gasteiger partial charge in [0.1, 0.15) is 0 Å². The lowest BCUT2D eigenvalue weighted by Crippen LogP contribution is -2.38. The lowest BCUT2D eigenvalue weighted by Gasteiger charge is -2.28. The number of rotatable bonds is 6. The second kappa shape index (κ2) is 6.67. The summed E-state index contributed by atoms with van der Waals surface area (Å²) in [5.74, 6) is -1.53. The maximum Gasteiger partial charge on any atom is 0.290 e. The molecule has 0 aliphatic carbocycles. The van der Waals surface area contributed by atoms with Crippen LogP contribution in [-0.2, 0) is 19.1 Å². The number of carbonyl (C=O) groups is 2. The minimum absolute atomic E-state index is 0.0592. The molecular formula is C15H18N2O5. The van der Waals surface area contributed by atoms with Crippen molar-refractivity contribution in [2.75, 3.05) is 20.8 Å². The smallest absolute Gasteiger partial charge is 0.290 e. The highest BCUT2D eigenvalue weighted by atomic mass is 16.7. The van der Waals surface area contributed by atoms with Crippen LogP contribution < -0.4 is 0 Å². The Kier molecular flexibility index (Phi) is 4.89. The van der Waals surface area contributed by atoms with Gasteiger partial charge in [0.25, 0.3) is 5.91 Å². The van der Waals surface area contributed by atoms with E-state index in [0.717, 1.165) is 0 Å². The molecule has 0 fully saturated rings. The number of aliphatic hydroxyl groups excluding tert-OH is 1. The Morgan fingerprint density at radius 3 is 2.64 bits per heavy atom. The number of ketones is 1. The fraction of sp³-hybridized carbons (Fsp3) is 0.400. The number of aromatic nitrogens is 1. The molecule has 1 aliphatic heterocycles. The first-order valence-electron chi connectivity index (χ1n) is 6.71. The summed E-state index contributed by atoms with van der Waals surface area (Å²) in [5.41, 5.74) is 0.694. The SMILES string of the molecule is COC(CN1C(=O)C(O)=C(C(C)=O)[C@H]1c1cccnc1)OC. The Hall–Kier alpha value is -2.25. The highest BCUT2D eigenvalue weighted by molar-refractivity contribution is 6.08. The molecule has 1 amide bonds. The third-order valence-electron chi connectivity index (χ3n) is 3.55. The van der Waals surface area contributed by atoms with Crippen LogP contribution in [0.2, 0.25) is 0 Å². The van der Waals surface area contributed by atoms with Crippen LogP contribution in [0.5, 0.6) is 0 Å². The summed E-state index contributed by atoms with van der Waals surface area (Å²) in [7, 11) is 2.90. The molecule has 0 aromatic carbocycles. The average Bonchev–Trinajstić information content (AvgIpc) is 2.77. The summed E-state index contributed by atoms with van der Waals surface area (Å²) >= 11 is 0. The van der Waals surface area contributed by atoms with Crippen LogP contribution in [0.4, 0.5) is 0 Å². The number of ether oxygens (including phenoxy) is 2. The van der Waals surface area contributed by atoms with E-state index >= 15 is 0 Å². The van der Waals surface area contributed by atoms with E-state index in [4.69, 9.17) is 9.47 Å². The van der Waals surface area contributed by atoms with Crippen LogP contribution in [0.1, 0.15) is 18.5 Å². The maximum atomic E-state index is 12.3. The first kappa shape index (κ1) is 16.1. The first-order valence-corrected chi connectivity index (χ1v) is 6.71. The number of hydrogen-bond acceptors (Lipinski definition) is 6. The van der Waals surface area contributed by atoms with Gasteiger partial charge in [0.2, 0.25) is 0 Å². The molecule has 1 N–H and O–H groups in total. The zero-order valence-corrected chi connectivity index (χ0v) is 12.6. The van der Waals surface area contributed by atoms with Crippen molar-refractivity contribution < 1.29 is 24.2 Å². The molecule has 118 valence electrons. The Morgan fingerprint density at radius 2 is 2.14 bits per heavy atom. The van der Waals surface area contributed by atoms with Gasteiger partial charge in [-0.25, -0.2) is 0 Å². The van der Waals surface area contributed by atoms with Crippen LogP contribution in [0, 0.1) is 0 Å². The fourth-order valence-corrected chi connectivity index (χ4v) is 2.49. The Balaban J connectivity index is 2.44. The van der Waals surface area contributed by atoms with Crippen LogP contribution in [-0.4, -0.2) is 53.7 Å². The van der Waals surface area contributed by atoms with E-state index in [1.165, 1.54) is 26.0 Å². The summed E-state index contributed by atoms with van der Waals surface area (Å²) < 4.78 is 10.2. The zero-order chi connectivity index (χ0) is 16.3. The second-order valence-electron chi connectivity index (χ2n) is 4.87. The maximum absolute atomic E-state index is 12.3. The highest BCUT2D eigenvalue weighted by Gasteiger charge is 2.43. The molecule has 7 heteroatoms. The van der Waals surface area contributed by atoms with Gasteiger partial charge in [-0.2, -0.15) is 0 Å². The molecule has 0 saturated carbocycles. The molecule has 1 atom stereocenters. The predicted octanol–water partition coefficient (Wildman–Crippen LogP) is 0.985. The van der Waals surface area contributed by atoms with Crippen molar-refractivity contribution in [1.29, 1.82) is 0 Å². The quantitative estimate of drug-likeness (QED) is 0.788. The van der Waals surface area contributed by atoms with Gasteiger partial charge in [-0.05, 0) is 18.6 Å². The fourth-order valence-electron chi connectivity index (χ4n) is 2.49. The topological polar surface area (TPSA) is 89.0 Å². The summed E-state index contributed by atoms with van der Waals surface area (Å²) in [5, 5.41) is 10.1. The zero-order valence-electron chi connectivity index (χ0n) is 12.6. The molecule has 1 aliphatic rings.